The van der Waals surface area contributed by atoms with Crippen molar-refractivity contribution in [2.24, 2.45) is 4.99 Å². The van der Waals surface area contributed by atoms with Crippen molar-refractivity contribution >= 4 is 12.0 Å². The van der Waals surface area contributed by atoms with Gasteiger partial charge < -0.3 is 4.74 Å². The summed E-state index contributed by atoms with van der Waals surface area (Å²) in [5.41, 5.74) is 1.08. The lowest BCUT2D eigenvalue weighted by Crippen LogP contribution is -2.06. The standard InChI is InChI=1S/C11H11NO3/c1-8(12-7-13)9-5-3-4-6-10(9)11(14)15-2/h3-6,8H,1-2H3. The topological polar surface area (TPSA) is 55.7 Å². The molecule has 4 nitrogen and oxygen atoms in total. The molecule has 0 aliphatic heterocycles. The van der Waals surface area contributed by atoms with E-state index >= 15 is 0 Å². The third-order valence-electron chi connectivity index (χ3n) is 2.06. The molecule has 15 heavy (non-hydrogen) atoms. The maximum atomic E-state index is 11.4. The average Bonchev–Trinajstić information content (AvgIpc) is 2.28. The molecule has 0 heterocycles. The molecule has 1 unspecified atom stereocenters. The van der Waals surface area contributed by atoms with Gasteiger partial charge in [0.2, 0.25) is 6.08 Å². The summed E-state index contributed by atoms with van der Waals surface area (Å²) >= 11 is 0. The molecule has 0 spiro atoms. The number of hydrogen-bond donors (Lipinski definition) is 0. The molecular formula is C11H11NO3. The Morgan fingerprint density at radius 3 is 2.73 bits per heavy atom. The van der Waals surface area contributed by atoms with Gasteiger partial charge in [0, 0.05) is 0 Å². The van der Waals surface area contributed by atoms with Gasteiger partial charge in [-0.15, -0.1) is 0 Å². The number of aliphatic imine (C=N–C) groups is 1. The van der Waals surface area contributed by atoms with Crippen molar-refractivity contribution in [1.82, 2.24) is 0 Å². The molecule has 0 aromatic heterocycles. The molecule has 0 fully saturated rings. The van der Waals surface area contributed by atoms with Crippen molar-refractivity contribution < 1.29 is 14.3 Å². The molecule has 0 aliphatic rings. The maximum absolute atomic E-state index is 11.4. The fourth-order valence-corrected chi connectivity index (χ4v) is 1.31. The van der Waals surface area contributed by atoms with Crippen molar-refractivity contribution in [1.29, 1.82) is 0 Å². The number of esters is 1. The number of nitrogens with zero attached hydrogens (tertiary/aromatic N) is 1. The second-order valence-electron chi connectivity index (χ2n) is 2.98. The normalized spacial score (nSPS) is 11.3. The van der Waals surface area contributed by atoms with E-state index in [0.717, 1.165) is 0 Å². The van der Waals surface area contributed by atoms with E-state index < -0.39 is 12.0 Å². The molecule has 0 saturated heterocycles. The summed E-state index contributed by atoms with van der Waals surface area (Å²) in [6, 6.07) is 6.49. The summed E-state index contributed by atoms with van der Waals surface area (Å²) in [4.78, 5) is 25.1. The minimum absolute atomic E-state index is 0.391. The first-order valence-electron chi connectivity index (χ1n) is 4.45. The highest BCUT2D eigenvalue weighted by molar-refractivity contribution is 5.91. The van der Waals surface area contributed by atoms with Gasteiger partial charge in [0.05, 0.1) is 18.7 Å². The van der Waals surface area contributed by atoms with Gasteiger partial charge >= 0.3 is 5.97 Å². The van der Waals surface area contributed by atoms with Crippen molar-refractivity contribution in [3.8, 4) is 0 Å². The Bertz CT molecular complexity index is 408. The molecule has 0 radical (unpaired) electrons. The molecular weight excluding hydrogens is 194 g/mol. The number of ether oxygens (including phenoxy) is 1. The zero-order valence-electron chi connectivity index (χ0n) is 8.56. The van der Waals surface area contributed by atoms with Gasteiger partial charge in [-0.2, -0.15) is 4.99 Å². The minimum Gasteiger partial charge on any atom is -0.465 e. The monoisotopic (exact) mass is 205 g/mol. The van der Waals surface area contributed by atoms with Crippen LogP contribution in [0.2, 0.25) is 0 Å². The first-order chi connectivity index (χ1) is 7.20. The Kier molecular flexibility index (Phi) is 3.77. The third-order valence-corrected chi connectivity index (χ3v) is 2.06. The molecule has 0 N–H and O–H groups in total. The highest BCUT2D eigenvalue weighted by Crippen LogP contribution is 2.21. The largest absolute Gasteiger partial charge is 0.465 e. The fraction of sp³-hybridized carbons (Fsp3) is 0.273. The molecule has 0 aliphatic carbocycles. The number of benzene rings is 1. The Labute approximate surface area is 87.6 Å². The fourth-order valence-electron chi connectivity index (χ4n) is 1.31. The number of isocyanates is 1. The Morgan fingerprint density at radius 1 is 1.47 bits per heavy atom. The van der Waals surface area contributed by atoms with Crippen LogP contribution in [-0.2, 0) is 9.53 Å². The van der Waals surface area contributed by atoms with Crippen molar-refractivity contribution in [2.45, 2.75) is 13.0 Å². The first kappa shape index (κ1) is 11.1. The van der Waals surface area contributed by atoms with Crippen LogP contribution >= 0.6 is 0 Å². The highest BCUT2D eigenvalue weighted by atomic mass is 16.5. The van der Waals surface area contributed by atoms with E-state index in [0.29, 0.717) is 11.1 Å². The minimum atomic E-state index is -0.432. The van der Waals surface area contributed by atoms with Crippen molar-refractivity contribution in [2.75, 3.05) is 7.11 Å². The van der Waals surface area contributed by atoms with Gasteiger partial charge in [-0.25, -0.2) is 9.59 Å². The van der Waals surface area contributed by atoms with Gasteiger partial charge in [-0.05, 0) is 18.6 Å². The first-order valence-corrected chi connectivity index (χ1v) is 4.45. The summed E-state index contributed by atoms with van der Waals surface area (Å²) in [5.74, 6) is -0.432. The molecule has 1 aromatic rings. The van der Waals surface area contributed by atoms with Crippen LogP contribution in [0, 0.1) is 0 Å². The van der Waals surface area contributed by atoms with E-state index in [1.54, 1.807) is 31.2 Å². The highest BCUT2D eigenvalue weighted by Gasteiger charge is 2.14. The van der Waals surface area contributed by atoms with Crippen molar-refractivity contribution in [3.63, 3.8) is 0 Å². The van der Waals surface area contributed by atoms with Gasteiger partial charge in [-0.3, -0.25) is 0 Å². The van der Waals surface area contributed by atoms with Crippen LogP contribution in [0.15, 0.2) is 29.3 Å². The Hall–Kier alpha value is -1.93. The zero-order chi connectivity index (χ0) is 11.3. The van der Waals surface area contributed by atoms with Crippen LogP contribution in [0.4, 0.5) is 0 Å². The molecule has 1 rings (SSSR count). The van der Waals surface area contributed by atoms with Gasteiger partial charge in [0.25, 0.3) is 0 Å². The Balaban J connectivity index is 3.16. The van der Waals surface area contributed by atoms with E-state index in [4.69, 9.17) is 0 Å². The molecule has 0 amide bonds. The summed E-state index contributed by atoms with van der Waals surface area (Å²) in [5, 5.41) is 0. The second-order valence-corrected chi connectivity index (χ2v) is 2.98. The third kappa shape index (κ3) is 2.51. The van der Waals surface area contributed by atoms with Crippen LogP contribution in [-0.4, -0.2) is 19.2 Å². The second kappa shape index (κ2) is 5.08. The van der Waals surface area contributed by atoms with Crippen LogP contribution in [0.25, 0.3) is 0 Å². The van der Waals surface area contributed by atoms with E-state index in [1.165, 1.54) is 13.2 Å². The SMILES string of the molecule is COC(=O)c1ccccc1C(C)N=C=O. The molecule has 1 atom stereocenters. The molecule has 1 aromatic carbocycles. The van der Waals surface area contributed by atoms with Crippen molar-refractivity contribution in [3.05, 3.63) is 35.4 Å². The van der Waals surface area contributed by atoms with Gasteiger partial charge in [0.15, 0.2) is 0 Å². The predicted molar refractivity (Wildman–Crippen MR) is 54.3 cm³/mol. The molecule has 4 heteroatoms. The Morgan fingerprint density at radius 2 is 2.13 bits per heavy atom. The summed E-state index contributed by atoms with van der Waals surface area (Å²) in [7, 11) is 1.31. The molecule has 0 saturated carbocycles. The molecule has 78 valence electrons. The van der Waals surface area contributed by atoms with Crippen LogP contribution in [0.5, 0.6) is 0 Å². The van der Waals surface area contributed by atoms with E-state index in [-0.39, 0.29) is 0 Å². The van der Waals surface area contributed by atoms with Crippen LogP contribution in [0.1, 0.15) is 28.9 Å². The summed E-state index contributed by atoms with van der Waals surface area (Å²) < 4.78 is 4.63. The number of hydrogen-bond acceptors (Lipinski definition) is 4. The van der Waals surface area contributed by atoms with E-state index in [1.807, 2.05) is 0 Å². The summed E-state index contributed by atoms with van der Waals surface area (Å²) in [6.07, 6.45) is 1.47. The lowest BCUT2D eigenvalue weighted by Gasteiger charge is -2.09. The number of carbonyl (C=O) groups is 1. The lowest BCUT2D eigenvalue weighted by molar-refractivity contribution is 0.0599. The smallest absolute Gasteiger partial charge is 0.338 e. The van der Waals surface area contributed by atoms with Gasteiger partial charge in [-0.1, -0.05) is 18.2 Å². The quantitative estimate of drug-likeness (QED) is 0.430. The number of methoxy groups -OCH3 is 1. The molecule has 0 bridgehead atoms. The van der Waals surface area contributed by atoms with E-state index in [9.17, 15) is 9.59 Å². The average molecular weight is 205 g/mol. The van der Waals surface area contributed by atoms with Crippen LogP contribution < -0.4 is 0 Å². The van der Waals surface area contributed by atoms with E-state index in [2.05, 4.69) is 9.73 Å². The zero-order valence-corrected chi connectivity index (χ0v) is 8.56. The predicted octanol–water partition coefficient (Wildman–Crippen LogP) is 1.87. The number of carbonyl (C=O) groups excluding carboxylic acids is 2. The lowest BCUT2D eigenvalue weighted by atomic mass is 10.0. The van der Waals surface area contributed by atoms with Gasteiger partial charge in [0.1, 0.15) is 0 Å². The maximum Gasteiger partial charge on any atom is 0.338 e. The number of rotatable bonds is 3. The summed E-state index contributed by atoms with van der Waals surface area (Å²) in [6.45, 7) is 1.71. The van der Waals surface area contributed by atoms with Crippen LogP contribution in [0.3, 0.4) is 0 Å².